The molecule has 108 valence electrons. The van der Waals surface area contributed by atoms with Crippen LogP contribution in [0.4, 0.5) is 10.1 Å². The van der Waals surface area contributed by atoms with Crippen molar-refractivity contribution in [3.05, 3.63) is 52.8 Å². The standard InChI is InChI=1S/C16H15FN2OS/c1-9(13-5-4-12(20)8-14(13)17)18-11-3-6-15-16(7-11)21-10(2)19-15/h3-9,18,20H,1-2H3. The molecular weight excluding hydrogens is 287 g/mol. The maximum absolute atomic E-state index is 13.9. The number of thiazole rings is 1. The molecule has 3 rings (SSSR count). The molecule has 2 N–H and O–H groups in total. The minimum Gasteiger partial charge on any atom is -0.508 e. The van der Waals surface area contributed by atoms with Crippen molar-refractivity contribution < 1.29 is 9.50 Å². The second kappa shape index (κ2) is 5.33. The van der Waals surface area contributed by atoms with Crippen molar-refractivity contribution in [1.82, 2.24) is 4.98 Å². The topological polar surface area (TPSA) is 45.2 Å². The minimum absolute atomic E-state index is 0.0648. The van der Waals surface area contributed by atoms with Crippen LogP contribution in [0.1, 0.15) is 23.5 Å². The van der Waals surface area contributed by atoms with Gasteiger partial charge in [-0.2, -0.15) is 0 Å². The highest BCUT2D eigenvalue weighted by Crippen LogP contribution is 2.28. The van der Waals surface area contributed by atoms with Crippen molar-refractivity contribution in [1.29, 1.82) is 0 Å². The van der Waals surface area contributed by atoms with Gasteiger partial charge in [0, 0.05) is 17.3 Å². The number of rotatable bonds is 3. The average molecular weight is 302 g/mol. The Bertz CT molecular complexity index is 800. The van der Waals surface area contributed by atoms with Gasteiger partial charge in [0.05, 0.1) is 21.3 Å². The Labute approximate surface area is 126 Å². The van der Waals surface area contributed by atoms with E-state index in [1.165, 1.54) is 6.07 Å². The second-order valence-corrected chi connectivity index (χ2v) is 6.22. The van der Waals surface area contributed by atoms with Crippen molar-refractivity contribution in [3.8, 4) is 5.75 Å². The molecule has 5 heteroatoms. The average Bonchev–Trinajstić information content (AvgIpc) is 2.77. The normalized spacial score (nSPS) is 12.5. The lowest BCUT2D eigenvalue weighted by Crippen LogP contribution is -2.08. The van der Waals surface area contributed by atoms with Crippen LogP contribution in [0.3, 0.4) is 0 Å². The van der Waals surface area contributed by atoms with Gasteiger partial charge < -0.3 is 10.4 Å². The van der Waals surface area contributed by atoms with E-state index in [2.05, 4.69) is 10.3 Å². The SMILES string of the molecule is Cc1nc2ccc(NC(C)c3ccc(O)cc3F)cc2s1. The first-order valence-electron chi connectivity index (χ1n) is 6.65. The van der Waals surface area contributed by atoms with Crippen LogP contribution in [0.2, 0.25) is 0 Å². The summed E-state index contributed by atoms with van der Waals surface area (Å²) in [6, 6.07) is 9.94. The Hall–Kier alpha value is -2.14. The van der Waals surface area contributed by atoms with Crippen LogP contribution in [0, 0.1) is 12.7 Å². The van der Waals surface area contributed by atoms with Gasteiger partial charge in [-0.15, -0.1) is 11.3 Å². The van der Waals surface area contributed by atoms with E-state index in [9.17, 15) is 9.50 Å². The van der Waals surface area contributed by atoms with Gasteiger partial charge in [0.1, 0.15) is 11.6 Å². The van der Waals surface area contributed by atoms with E-state index in [4.69, 9.17) is 0 Å². The number of anilines is 1. The number of halogens is 1. The van der Waals surface area contributed by atoms with Crippen LogP contribution in [0.5, 0.6) is 5.75 Å². The van der Waals surface area contributed by atoms with Crippen molar-refractivity contribution in [2.75, 3.05) is 5.32 Å². The first-order chi connectivity index (χ1) is 10.0. The monoisotopic (exact) mass is 302 g/mol. The van der Waals surface area contributed by atoms with Gasteiger partial charge in [0.25, 0.3) is 0 Å². The predicted molar refractivity (Wildman–Crippen MR) is 84.5 cm³/mol. The molecular formula is C16H15FN2OS. The number of aromatic hydroxyl groups is 1. The number of nitrogens with one attached hydrogen (secondary N) is 1. The van der Waals surface area contributed by atoms with Gasteiger partial charge in [-0.1, -0.05) is 6.07 Å². The van der Waals surface area contributed by atoms with Crippen LogP contribution < -0.4 is 5.32 Å². The Morgan fingerprint density at radius 2 is 2.05 bits per heavy atom. The fourth-order valence-corrected chi connectivity index (χ4v) is 3.19. The zero-order valence-electron chi connectivity index (χ0n) is 11.7. The smallest absolute Gasteiger partial charge is 0.132 e. The molecule has 3 nitrogen and oxygen atoms in total. The van der Waals surface area contributed by atoms with E-state index in [1.807, 2.05) is 32.0 Å². The number of aromatic nitrogens is 1. The lowest BCUT2D eigenvalue weighted by molar-refractivity contribution is 0.467. The van der Waals surface area contributed by atoms with E-state index in [0.717, 1.165) is 27.0 Å². The highest BCUT2D eigenvalue weighted by atomic mass is 32.1. The molecule has 0 radical (unpaired) electrons. The van der Waals surface area contributed by atoms with E-state index in [1.54, 1.807) is 17.4 Å². The summed E-state index contributed by atoms with van der Waals surface area (Å²) in [4.78, 5) is 4.42. The number of phenolic OH excluding ortho intramolecular Hbond substituents is 1. The predicted octanol–water partition coefficient (Wildman–Crippen LogP) is 4.62. The first kappa shape index (κ1) is 13.8. The number of hydrogen-bond acceptors (Lipinski definition) is 4. The molecule has 0 bridgehead atoms. The molecule has 0 fully saturated rings. The van der Waals surface area contributed by atoms with Gasteiger partial charge in [-0.3, -0.25) is 0 Å². The molecule has 1 heterocycles. The van der Waals surface area contributed by atoms with E-state index >= 15 is 0 Å². The Kier molecular flexibility index (Phi) is 3.51. The third-order valence-electron chi connectivity index (χ3n) is 3.33. The van der Waals surface area contributed by atoms with Crippen LogP contribution in [0.25, 0.3) is 10.2 Å². The number of benzene rings is 2. The molecule has 0 aliphatic rings. The molecule has 0 spiro atoms. The zero-order chi connectivity index (χ0) is 15.0. The summed E-state index contributed by atoms with van der Waals surface area (Å²) in [7, 11) is 0. The van der Waals surface area contributed by atoms with E-state index in [0.29, 0.717) is 5.56 Å². The lowest BCUT2D eigenvalue weighted by Gasteiger charge is -2.16. The second-order valence-electron chi connectivity index (χ2n) is 4.99. The maximum atomic E-state index is 13.9. The van der Waals surface area contributed by atoms with E-state index in [-0.39, 0.29) is 11.8 Å². The highest BCUT2D eigenvalue weighted by molar-refractivity contribution is 7.18. The molecule has 1 atom stereocenters. The van der Waals surface area contributed by atoms with Gasteiger partial charge in [-0.25, -0.2) is 9.37 Å². The Morgan fingerprint density at radius 1 is 1.24 bits per heavy atom. The summed E-state index contributed by atoms with van der Waals surface area (Å²) in [5.41, 5.74) is 2.42. The van der Waals surface area contributed by atoms with Crippen molar-refractivity contribution in [2.24, 2.45) is 0 Å². The third kappa shape index (κ3) is 2.83. The quantitative estimate of drug-likeness (QED) is 0.742. The maximum Gasteiger partial charge on any atom is 0.132 e. The molecule has 0 aliphatic heterocycles. The summed E-state index contributed by atoms with van der Waals surface area (Å²) in [6.07, 6.45) is 0. The van der Waals surface area contributed by atoms with Gasteiger partial charge in [0.15, 0.2) is 0 Å². The van der Waals surface area contributed by atoms with Crippen molar-refractivity contribution >= 4 is 27.2 Å². The molecule has 21 heavy (non-hydrogen) atoms. The van der Waals surface area contributed by atoms with Crippen LogP contribution in [-0.4, -0.2) is 10.1 Å². The Balaban J connectivity index is 1.86. The highest BCUT2D eigenvalue weighted by Gasteiger charge is 2.12. The van der Waals surface area contributed by atoms with Crippen molar-refractivity contribution in [3.63, 3.8) is 0 Å². The van der Waals surface area contributed by atoms with Crippen molar-refractivity contribution in [2.45, 2.75) is 19.9 Å². The number of nitrogens with zero attached hydrogens (tertiary/aromatic N) is 1. The van der Waals surface area contributed by atoms with Gasteiger partial charge in [-0.05, 0) is 38.1 Å². The molecule has 2 aromatic carbocycles. The fourth-order valence-electron chi connectivity index (χ4n) is 2.32. The lowest BCUT2D eigenvalue weighted by atomic mass is 10.1. The van der Waals surface area contributed by atoms with Crippen LogP contribution in [0.15, 0.2) is 36.4 Å². The first-order valence-corrected chi connectivity index (χ1v) is 7.47. The molecule has 1 aromatic heterocycles. The fraction of sp³-hybridized carbons (Fsp3) is 0.188. The summed E-state index contributed by atoms with van der Waals surface area (Å²) in [5, 5.41) is 13.6. The third-order valence-corrected chi connectivity index (χ3v) is 4.26. The number of aryl methyl sites for hydroxylation is 1. The molecule has 0 amide bonds. The summed E-state index contributed by atoms with van der Waals surface area (Å²) in [6.45, 7) is 3.86. The largest absolute Gasteiger partial charge is 0.508 e. The molecule has 3 aromatic rings. The summed E-state index contributed by atoms with van der Waals surface area (Å²) < 4.78 is 15.0. The summed E-state index contributed by atoms with van der Waals surface area (Å²) >= 11 is 1.64. The minimum atomic E-state index is -0.412. The van der Waals surface area contributed by atoms with Gasteiger partial charge in [0.2, 0.25) is 0 Å². The Morgan fingerprint density at radius 3 is 2.81 bits per heavy atom. The molecule has 0 saturated carbocycles. The molecule has 1 unspecified atom stereocenters. The number of fused-ring (bicyclic) bond motifs is 1. The number of phenols is 1. The van der Waals surface area contributed by atoms with Crippen LogP contribution >= 0.6 is 11.3 Å². The molecule has 0 aliphatic carbocycles. The van der Waals surface area contributed by atoms with Gasteiger partial charge >= 0.3 is 0 Å². The van der Waals surface area contributed by atoms with Crippen LogP contribution in [-0.2, 0) is 0 Å². The molecule has 0 saturated heterocycles. The number of hydrogen-bond donors (Lipinski definition) is 2. The van der Waals surface area contributed by atoms with E-state index < -0.39 is 5.82 Å². The summed E-state index contributed by atoms with van der Waals surface area (Å²) in [5.74, 6) is -0.477. The zero-order valence-corrected chi connectivity index (χ0v) is 12.5.